The van der Waals surface area contributed by atoms with Crippen LogP contribution < -0.4 is 68.9 Å². The van der Waals surface area contributed by atoms with E-state index in [2.05, 4.69) is 29.2 Å². The molecule has 0 radical (unpaired) electrons. The van der Waals surface area contributed by atoms with Crippen LogP contribution in [-0.2, 0) is 0 Å². The number of phenolic OH excluding ortho intramolecular Hbond substituents is 1. The van der Waals surface area contributed by atoms with Gasteiger partial charge in [-0.05, 0) is 30.3 Å². The first-order chi connectivity index (χ1) is 18.2. The topological polar surface area (TPSA) is 71.8 Å². The fourth-order valence-corrected chi connectivity index (χ4v) is 4.22. The molecular formula is C32H23CsN4O. The Morgan fingerprint density at radius 3 is 1.68 bits per heavy atom. The van der Waals surface area contributed by atoms with Crippen molar-refractivity contribution in [2.24, 2.45) is 0 Å². The number of para-hydroxylation sites is 1. The van der Waals surface area contributed by atoms with Crippen molar-refractivity contribution >= 4 is 0 Å². The van der Waals surface area contributed by atoms with Crippen LogP contribution in [0.3, 0.4) is 0 Å². The standard InChI is InChI=1S/C32H22N4O.Cs.H/c37-30-17-8-7-16-26(30)32-33-19-18-27(34-32)24-14-9-15-25(20-24)31-35-28(22-10-3-1-4-11-22)21-29(36-31)23-12-5-2-6-13-23;;/h1-21,37H;;/q;+1;-1. The first kappa shape index (κ1) is 26.5. The first-order valence-electron chi connectivity index (χ1n) is 12.0. The molecule has 0 saturated carbocycles. The van der Waals surface area contributed by atoms with E-state index in [0.29, 0.717) is 17.2 Å². The summed E-state index contributed by atoms with van der Waals surface area (Å²) in [5, 5.41) is 10.3. The van der Waals surface area contributed by atoms with Crippen LogP contribution in [0.4, 0.5) is 0 Å². The predicted octanol–water partition coefficient (Wildman–Crippen LogP) is 4.42. The Morgan fingerprint density at radius 2 is 1.03 bits per heavy atom. The van der Waals surface area contributed by atoms with Crippen molar-refractivity contribution in [3.8, 4) is 62.3 Å². The molecule has 6 rings (SSSR count). The minimum Gasteiger partial charge on any atom is -1.00 e. The van der Waals surface area contributed by atoms with Crippen LogP contribution in [0.1, 0.15) is 1.43 Å². The summed E-state index contributed by atoms with van der Waals surface area (Å²) >= 11 is 0. The Morgan fingerprint density at radius 1 is 0.474 bits per heavy atom. The van der Waals surface area contributed by atoms with Crippen molar-refractivity contribution in [2.75, 3.05) is 0 Å². The Bertz CT molecular complexity index is 1640. The number of aromatic nitrogens is 4. The number of benzene rings is 4. The van der Waals surface area contributed by atoms with Crippen LogP contribution in [0.15, 0.2) is 128 Å². The number of rotatable bonds is 5. The van der Waals surface area contributed by atoms with Gasteiger partial charge >= 0.3 is 68.9 Å². The molecule has 4 aromatic carbocycles. The summed E-state index contributed by atoms with van der Waals surface area (Å²) in [5.41, 5.74) is 6.91. The van der Waals surface area contributed by atoms with Crippen molar-refractivity contribution in [1.29, 1.82) is 0 Å². The SMILES string of the molecule is Oc1ccccc1-c1nccc(-c2cccc(-c3nc(-c4ccccc4)cc(-c4ccccc4)n3)c2)n1.[Cs+].[H-]. The molecule has 2 aromatic heterocycles. The average Bonchev–Trinajstić information content (AvgIpc) is 2.98. The van der Waals surface area contributed by atoms with Crippen molar-refractivity contribution in [3.05, 3.63) is 128 Å². The molecule has 0 fully saturated rings. The van der Waals surface area contributed by atoms with E-state index < -0.39 is 0 Å². The molecule has 0 saturated heterocycles. The molecule has 38 heavy (non-hydrogen) atoms. The van der Waals surface area contributed by atoms with E-state index in [9.17, 15) is 5.11 Å². The Kier molecular flexibility index (Phi) is 8.49. The summed E-state index contributed by atoms with van der Waals surface area (Å²) in [6, 6.07) is 39.2. The summed E-state index contributed by atoms with van der Waals surface area (Å²) in [7, 11) is 0. The molecule has 0 aliphatic rings. The zero-order chi connectivity index (χ0) is 25.0. The molecule has 5 nitrogen and oxygen atoms in total. The summed E-state index contributed by atoms with van der Waals surface area (Å²) < 4.78 is 0. The molecule has 6 heteroatoms. The van der Waals surface area contributed by atoms with Gasteiger partial charge in [0.05, 0.1) is 22.6 Å². The first-order valence-corrected chi connectivity index (χ1v) is 12.0. The Hall–Kier alpha value is -3.11. The van der Waals surface area contributed by atoms with Gasteiger partial charge in [-0.1, -0.05) is 91.0 Å². The van der Waals surface area contributed by atoms with E-state index >= 15 is 0 Å². The normalized spacial score (nSPS) is 10.5. The van der Waals surface area contributed by atoms with Gasteiger partial charge in [-0.25, -0.2) is 19.9 Å². The van der Waals surface area contributed by atoms with Gasteiger partial charge in [0.25, 0.3) is 0 Å². The quantitative estimate of drug-likeness (QED) is 0.312. The molecule has 1 N–H and O–H groups in total. The minimum atomic E-state index is 0. The zero-order valence-electron chi connectivity index (χ0n) is 21.9. The van der Waals surface area contributed by atoms with Gasteiger partial charge in [0, 0.05) is 28.5 Å². The zero-order valence-corrected chi connectivity index (χ0v) is 27.1. The van der Waals surface area contributed by atoms with E-state index in [1.54, 1.807) is 24.4 Å². The third-order valence-corrected chi connectivity index (χ3v) is 6.08. The number of hydrogen-bond donors (Lipinski definition) is 1. The molecule has 0 aliphatic carbocycles. The molecule has 0 amide bonds. The van der Waals surface area contributed by atoms with Crippen LogP contribution in [0.2, 0.25) is 0 Å². The third kappa shape index (κ3) is 5.81. The third-order valence-electron chi connectivity index (χ3n) is 6.08. The molecule has 0 bridgehead atoms. The second kappa shape index (κ2) is 12.2. The summed E-state index contributed by atoms with van der Waals surface area (Å²) in [6.07, 6.45) is 1.71. The van der Waals surface area contributed by atoms with Crippen LogP contribution in [0.5, 0.6) is 5.75 Å². The maximum absolute atomic E-state index is 10.3. The summed E-state index contributed by atoms with van der Waals surface area (Å²) in [5.74, 6) is 1.25. The molecule has 0 atom stereocenters. The summed E-state index contributed by atoms with van der Waals surface area (Å²) in [4.78, 5) is 19.0. The van der Waals surface area contributed by atoms with Crippen molar-refractivity contribution in [2.45, 2.75) is 0 Å². The maximum Gasteiger partial charge on any atom is 1.00 e. The van der Waals surface area contributed by atoms with E-state index in [1.807, 2.05) is 78.9 Å². The van der Waals surface area contributed by atoms with Gasteiger partial charge in [-0.3, -0.25) is 0 Å². The number of phenols is 1. The molecule has 6 aromatic rings. The van der Waals surface area contributed by atoms with Gasteiger partial charge in [0.1, 0.15) is 5.75 Å². The van der Waals surface area contributed by atoms with Gasteiger partial charge < -0.3 is 6.53 Å². The summed E-state index contributed by atoms with van der Waals surface area (Å²) in [6.45, 7) is 0. The molecule has 0 spiro atoms. The Labute approximate surface area is 281 Å². The van der Waals surface area contributed by atoms with E-state index in [1.165, 1.54) is 0 Å². The van der Waals surface area contributed by atoms with Crippen molar-refractivity contribution in [1.82, 2.24) is 19.9 Å². The molecule has 2 heterocycles. The van der Waals surface area contributed by atoms with Crippen LogP contribution in [-0.4, -0.2) is 25.0 Å². The number of nitrogens with zero attached hydrogens (tertiary/aromatic N) is 4. The molecule has 178 valence electrons. The van der Waals surface area contributed by atoms with Crippen LogP contribution >= 0.6 is 0 Å². The fourth-order valence-electron chi connectivity index (χ4n) is 4.22. The number of aromatic hydroxyl groups is 1. The second-order valence-corrected chi connectivity index (χ2v) is 8.56. The van der Waals surface area contributed by atoms with Gasteiger partial charge in [0.15, 0.2) is 11.6 Å². The van der Waals surface area contributed by atoms with Crippen molar-refractivity contribution < 1.29 is 75.4 Å². The largest absolute Gasteiger partial charge is 1.00 e. The van der Waals surface area contributed by atoms with Gasteiger partial charge in [0.2, 0.25) is 0 Å². The predicted molar refractivity (Wildman–Crippen MR) is 148 cm³/mol. The fraction of sp³-hybridized carbons (Fsp3) is 0. The molecule has 0 aliphatic heterocycles. The van der Waals surface area contributed by atoms with E-state index in [4.69, 9.17) is 15.0 Å². The smallest absolute Gasteiger partial charge is 1.00 e. The van der Waals surface area contributed by atoms with Crippen LogP contribution in [0, 0.1) is 0 Å². The molecular weight excluding hydrogens is 589 g/mol. The minimum absolute atomic E-state index is 0. The monoisotopic (exact) mass is 612 g/mol. The second-order valence-electron chi connectivity index (χ2n) is 8.56. The van der Waals surface area contributed by atoms with Gasteiger partial charge in [-0.15, -0.1) is 0 Å². The van der Waals surface area contributed by atoms with Gasteiger partial charge in [-0.2, -0.15) is 0 Å². The van der Waals surface area contributed by atoms with E-state index in [0.717, 1.165) is 39.3 Å². The number of hydrogen-bond acceptors (Lipinski definition) is 5. The van der Waals surface area contributed by atoms with Crippen molar-refractivity contribution in [3.63, 3.8) is 0 Å². The average molecular weight is 612 g/mol. The maximum atomic E-state index is 10.3. The van der Waals surface area contributed by atoms with Crippen LogP contribution in [0.25, 0.3) is 56.5 Å². The van der Waals surface area contributed by atoms with E-state index in [-0.39, 0.29) is 76.1 Å². The Balaban J connectivity index is 0.00000176. The molecule has 0 unspecified atom stereocenters.